The van der Waals surface area contributed by atoms with E-state index in [0.29, 0.717) is 11.3 Å². The number of hydrogen-bond donors (Lipinski definition) is 0. The van der Waals surface area contributed by atoms with Crippen LogP contribution in [0.15, 0.2) is 42.5 Å². The first-order valence-corrected chi connectivity index (χ1v) is 6.87. The van der Waals surface area contributed by atoms with E-state index < -0.39 is 11.7 Å². The highest BCUT2D eigenvalue weighted by Crippen LogP contribution is 2.35. The molecule has 1 heterocycles. The molecule has 1 aromatic heterocycles. The second-order valence-corrected chi connectivity index (χ2v) is 5.27. The van der Waals surface area contributed by atoms with Crippen LogP contribution in [0.4, 0.5) is 13.2 Å². The summed E-state index contributed by atoms with van der Waals surface area (Å²) in [7, 11) is 1.58. The number of fused-ring (bicyclic) bond motifs is 1. The molecule has 21 heavy (non-hydrogen) atoms. The van der Waals surface area contributed by atoms with Crippen LogP contribution in [0, 0.1) is 0 Å². The molecule has 0 atom stereocenters. The maximum atomic E-state index is 12.6. The molecule has 0 aliphatic carbocycles. The van der Waals surface area contributed by atoms with Gasteiger partial charge in [0.25, 0.3) is 0 Å². The van der Waals surface area contributed by atoms with Gasteiger partial charge in [-0.15, -0.1) is 0 Å². The van der Waals surface area contributed by atoms with Gasteiger partial charge in [-0.1, -0.05) is 12.1 Å². The molecular formula is C15H10F3NOS. The van der Waals surface area contributed by atoms with Crippen LogP contribution >= 0.6 is 11.5 Å². The molecule has 0 saturated carbocycles. The minimum Gasteiger partial charge on any atom is -0.497 e. The standard InChI is InChI=1S/C15H10F3NOS/c1-20-11-6-7-12-13(8-11)21-19-14(12)9-2-4-10(5-3-9)15(16,17)18/h2-8H,1H3. The summed E-state index contributed by atoms with van der Waals surface area (Å²) in [6, 6.07) is 10.6. The van der Waals surface area contributed by atoms with Gasteiger partial charge in [0, 0.05) is 10.9 Å². The van der Waals surface area contributed by atoms with Crippen molar-refractivity contribution >= 4 is 21.6 Å². The largest absolute Gasteiger partial charge is 0.497 e. The number of ether oxygens (including phenoxy) is 1. The maximum absolute atomic E-state index is 12.6. The molecule has 6 heteroatoms. The summed E-state index contributed by atoms with van der Waals surface area (Å²) >= 11 is 1.30. The molecule has 0 unspecified atom stereocenters. The number of hydrogen-bond acceptors (Lipinski definition) is 3. The average molecular weight is 309 g/mol. The van der Waals surface area contributed by atoms with Crippen molar-refractivity contribution in [3.05, 3.63) is 48.0 Å². The quantitative estimate of drug-likeness (QED) is 0.665. The van der Waals surface area contributed by atoms with E-state index in [2.05, 4.69) is 4.37 Å². The van der Waals surface area contributed by atoms with E-state index in [9.17, 15) is 13.2 Å². The van der Waals surface area contributed by atoms with Crippen molar-refractivity contribution < 1.29 is 17.9 Å². The Kier molecular flexibility index (Phi) is 3.33. The van der Waals surface area contributed by atoms with Gasteiger partial charge >= 0.3 is 6.18 Å². The van der Waals surface area contributed by atoms with Gasteiger partial charge in [-0.25, -0.2) is 0 Å². The molecular weight excluding hydrogens is 299 g/mol. The summed E-state index contributed by atoms with van der Waals surface area (Å²) in [5.41, 5.74) is 0.693. The molecule has 0 N–H and O–H groups in total. The predicted molar refractivity (Wildman–Crippen MR) is 76.6 cm³/mol. The summed E-state index contributed by atoms with van der Waals surface area (Å²) in [5.74, 6) is 0.727. The van der Waals surface area contributed by atoms with Gasteiger partial charge in [0.2, 0.25) is 0 Å². The van der Waals surface area contributed by atoms with Gasteiger partial charge in [-0.3, -0.25) is 0 Å². The summed E-state index contributed by atoms with van der Waals surface area (Å²) in [6.45, 7) is 0. The first kappa shape index (κ1) is 13.9. The molecule has 0 aliphatic heterocycles. The molecule has 0 fully saturated rings. The number of alkyl halides is 3. The lowest BCUT2D eigenvalue weighted by molar-refractivity contribution is -0.137. The third kappa shape index (κ3) is 2.58. The molecule has 0 bridgehead atoms. The first-order valence-electron chi connectivity index (χ1n) is 6.10. The molecule has 3 rings (SSSR count). The number of aromatic nitrogens is 1. The molecule has 0 amide bonds. The molecule has 3 aromatic rings. The number of benzene rings is 2. The van der Waals surface area contributed by atoms with Crippen molar-refractivity contribution in [2.24, 2.45) is 0 Å². The second kappa shape index (κ2) is 5.04. The van der Waals surface area contributed by atoms with Crippen LogP contribution in [0.2, 0.25) is 0 Å². The van der Waals surface area contributed by atoms with Crippen LogP contribution in [0.5, 0.6) is 5.75 Å². The Hall–Kier alpha value is -2.08. The van der Waals surface area contributed by atoms with E-state index in [-0.39, 0.29) is 0 Å². The number of methoxy groups -OCH3 is 1. The van der Waals surface area contributed by atoms with Gasteiger partial charge in [-0.2, -0.15) is 17.5 Å². The second-order valence-electron chi connectivity index (χ2n) is 4.47. The van der Waals surface area contributed by atoms with Crippen molar-refractivity contribution in [2.75, 3.05) is 7.11 Å². The fourth-order valence-electron chi connectivity index (χ4n) is 2.07. The van der Waals surface area contributed by atoms with Crippen molar-refractivity contribution in [1.82, 2.24) is 4.37 Å². The minimum atomic E-state index is -4.32. The molecule has 0 saturated heterocycles. The Morgan fingerprint density at radius 2 is 1.76 bits per heavy atom. The number of rotatable bonds is 2. The van der Waals surface area contributed by atoms with Crippen molar-refractivity contribution in [3.63, 3.8) is 0 Å². The van der Waals surface area contributed by atoms with E-state index in [4.69, 9.17) is 4.74 Å². The number of halogens is 3. The van der Waals surface area contributed by atoms with Gasteiger partial charge in [-0.05, 0) is 41.9 Å². The average Bonchev–Trinajstić information content (AvgIpc) is 2.89. The topological polar surface area (TPSA) is 22.1 Å². The van der Waals surface area contributed by atoms with E-state index in [1.54, 1.807) is 7.11 Å². The zero-order chi connectivity index (χ0) is 15.0. The van der Waals surface area contributed by atoms with Crippen LogP contribution in [-0.4, -0.2) is 11.5 Å². The van der Waals surface area contributed by atoms with Crippen LogP contribution in [0.3, 0.4) is 0 Å². The van der Waals surface area contributed by atoms with Gasteiger partial charge in [0.15, 0.2) is 0 Å². The van der Waals surface area contributed by atoms with Gasteiger partial charge in [0.1, 0.15) is 5.75 Å². The lowest BCUT2D eigenvalue weighted by atomic mass is 10.1. The fraction of sp³-hybridized carbons (Fsp3) is 0.133. The normalized spacial score (nSPS) is 11.8. The zero-order valence-corrected chi connectivity index (χ0v) is 11.8. The molecule has 2 nitrogen and oxygen atoms in total. The van der Waals surface area contributed by atoms with Crippen molar-refractivity contribution in [2.45, 2.75) is 6.18 Å². The zero-order valence-electron chi connectivity index (χ0n) is 10.9. The Balaban J connectivity index is 2.04. The minimum absolute atomic E-state index is 0.660. The third-order valence-corrected chi connectivity index (χ3v) is 3.97. The lowest BCUT2D eigenvalue weighted by Crippen LogP contribution is -2.03. The molecule has 0 spiro atoms. The van der Waals surface area contributed by atoms with Gasteiger partial charge < -0.3 is 4.74 Å². The fourth-order valence-corrected chi connectivity index (χ4v) is 2.90. The molecule has 108 valence electrons. The predicted octanol–water partition coefficient (Wildman–Crippen LogP) is 4.99. The smallest absolute Gasteiger partial charge is 0.416 e. The highest BCUT2D eigenvalue weighted by Gasteiger charge is 2.30. The summed E-state index contributed by atoms with van der Waals surface area (Å²) < 4.78 is 48.1. The Bertz CT molecular complexity index is 778. The van der Waals surface area contributed by atoms with E-state index >= 15 is 0 Å². The summed E-state index contributed by atoms with van der Waals surface area (Å²) in [4.78, 5) is 0. The lowest BCUT2D eigenvalue weighted by Gasteiger charge is -2.07. The van der Waals surface area contributed by atoms with Crippen LogP contribution in [0.1, 0.15) is 5.56 Å². The van der Waals surface area contributed by atoms with E-state index in [0.717, 1.165) is 28.0 Å². The highest BCUT2D eigenvalue weighted by atomic mass is 32.1. The third-order valence-electron chi connectivity index (χ3n) is 3.16. The SMILES string of the molecule is COc1ccc2c(-c3ccc(C(F)(F)F)cc3)nsc2c1. The molecule has 0 aliphatic rings. The van der Waals surface area contributed by atoms with E-state index in [1.807, 2.05) is 18.2 Å². The highest BCUT2D eigenvalue weighted by molar-refractivity contribution is 7.13. The van der Waals surface area contributed by atoms with Gasteiger partial charge in [0.05, 0.1) is 23.1 Å². The summed E-state index contributed by atoms with van der Waals surface area (Å²) in [5, 5.41) is 0.903. The van der Waals surface area contributed by atoms with Crippen LogP contribution in [0.25, 0.3) is 21.3 Å². The van der Waals surface area contributed by atoms with Crippen molar-refractivity contribution in [3.8, 4) is 17.0 Å². The Morgan fingerprint density at radius 3 is 2.38 bits per heavy atom. The monoisotopic (exact) mass is 309 g/mol. The Labute approximate surface area is 123 Å². The van der Waals surface area contributed by atoms with Crippen LogP contribution in [-0.2, 0) is 6.18 Å². The van der Waals surface area contributed by atoms with Crippen molar-refractivity contribution in [1.29, 1.82) is 0 Å². The van der Waals surface area contributed by atoms with E-state index in [1.165, 1.54) is 23.7 Å². The maximum Gasteiger partial charge on any atom is 0.416 e. The Morgan fingerprint density at radius 1 is 1.05 bits per heavy atom. The molecule has 2 aromatic carbocycles. The molecule has 0 radical (unpaired) electrons. The first-order chi connectivity index (χ1) is 9.99. The van der Waals surface area contributed by atoms with Crippen LogP contribution < -0.4 is 4.74 Å². The summed E-state index contributed by atoms with van der Waals surface area (Å²) in [6.07, 6.45) is -4.32. The number of nitrogens with zero attached hydrogens (tertiary/aromatic N) is 1.